The molecule has 0 aliphatic rings. The van der Waals surface area contributed by atoms with Gasteiger partial charge in [0.2, 0.25) is 15.9 Å². The van der Waals surface area contributed by atoms with E-state index in [2.05, 4.69) is 15.0 Å². The summed E-state index contributed by atoms with van der Waals surface area (Å²) in [6.07, 6.45) is 2.80. The van der Waals surface area contributed by atoms with Crippen LogP contribution in [0.4, 0.5) is 0 Å². The minimum absolute atomic E-state index is 0.0134. The molecule has 0 saturated heterocycles. The summed E-state index contributed by atoms with van der Waals surface area (Å²) in [5.74, 6) is -0.183. The SMILES string of the molecule is Cc1csc(CCCCNC(=O)CCNS(=O)(=O)c2ccccc2Cl)n1. The summed E-state index contributed by atoms with van der Waals surface area (Å²) in [4.78, 5) is 16.2. The van der Waals surface area contributed by atoms with E-state index in [0.29, 0.717) is 6.54 Å². The first-order valence-corrected chi connectivity index (χ1v) is 11.0. The fourth-order valence-electron chi connectivity index (χ4n) is 2.27. The standard InChI is InChI=1S/C17H22ClN3O3S2/c1-13-12-25-17(21-13)8-4-5-10-19-16(22)9-11-20-26(23,24)15-7-3-2-6-14(15)18/h2-3,6-7,12,20H,4-5,8-11H2,1H3,(H,19,22). The van der Waals surface area contributed by atoms with Gasteiger partial charge in [0.25, 0.3) is 0 Å². The molecule has 0 atom stereocenters. The normalized spacial score (nSPS) is 11.5. The smallest absolute Gasteiger partial charge is 0.242 e. The maximum Gasteiger partial charge on any atom is 0.242 e. The molecule has 1 aromatic carbocycles. The van der Waals surface area contributed by atoms with Crippen LogP contribution in [0.2, 0.25) is 5.02 Å². The molecule has 0 aliphatic heterocycles. The number of amides is 1. The van der Waals surface area contributed by atoms with Crippen molar-refractivity contribution in [2.75, 3.05) is 13.1 Å². The lowest BCUT2D eigenvalue weighted by Crippen LogP contribution is -2.31. The zero-order chi connectivity index (χ0) is 19.0. The summed E-state index contributed by atoms with van der Waals surface area (Å²) in [7, 11) is -3.71. The van der Waals surface area contributed by atoms with E-state index in [1.165, 1.54) is 12.1 Å². The van der Waals surface area contributed by atoms with E-state index in [1.54, 1.807) is 23.5 Å². The second-order valence-electron chi connectivity index (χ2n) is 5.77. The average molecular weight is 416 g/mol. The Morgan fingerprint density at radius 3 is 2.69 bits per heavy atom. The molecule has 2 N–H and O–H groups in total. The van der Waals surface area contributed by atoms with E-state index in [9.17, 15) is 13.2 Å². The number of rotatable bonds is 10. The molecular formula is C17H22ClN3O3S2. The monoisotopic (exact) mass is 415 g/mol. The van der Waals surface area contributed by atoms with Gasteiger partial charge in [-0.2, -0.15) is 0 Å². The van der Waals surface area contributed by atoms with E-state index in [4.69, 9.17) is 11.6 Å². The Morgan fingerprint density at radius 1 is 1.23 bits per heavy atom. The summed E-state index contributed by atoms with van der Waals surface area (Å²) in [5.41, 5.74) is 1.04. The largest absolute Gasteiger partial charge is 0.356 e. The molecule has 6 nitrogen and oxygen atoms in total. The summed E-state index contributed by atoms with van der Waals surface area (Å²) in [6, 6.07) is 6.19. The van der Waals surface area contributed by atoms with Gasteiger partial charge in [0.05, 0.1) is 10.0 Å². The Labute approximate surface area is 163 Å². The van der Waals surface area contributed by atoms with Gasteiger partial charge in [-0.05, 0) is 38.3 Å². The average Bonchev–Trinajstić information content (AvgIpc) is 3.00. The van der Waals surface area contributed by atoms with Crippen molar-refractivity contribution in [3.05, 3.63) is 45.4 Å². The molecule has 2 aromatic rings. The lowest BCUT2D eigenvalue weighted by Gasteiger charge is -2.08. The van der Waals surface area contributed by atoms with E-state index in [-0.39, 0.29) is 28.8 Å². The van der Waals surface area contributed by atoms with Crippen LogP contribution in [0.1, 0.15) is 30.0 Å². The molecule has 26 heavy (non-hydrogen) atoms. The van der Waals surface area contributed by atoms with Crippen LogP contribution in [0.5, 0.6) is 0 Å². The highest BCUT2D eigenvalue weighted by molar-refractivity contribution is 7.89. The number of nitrogens with zero attached hydrogens (tertiary/aromatic N) is 1. The third-order valence-corrected chi connectivity index (χ3v) is 6.56. The number of carbonyl (C=O) groups excluding carboxylic acids is 1. The number of halogens is 1. The number of carbonyl (C=O) groups is 1. The number of thiazole rings is 1. The Morgan fingerprint density at radius 2 is 2.00 bits per heavy atom. The number of nitrogens with one attached hydrogen (secondary N) is 2. The third-order valence-electron chi connectivity index (χ3n) is 3.58. The fraction of sp³-hybridized carbons (Fsp3) is 0.412. The molecule has 0 bridgehead atoms. The molecule has 0 fully saturated rings. The molecule has 1 amide bonds. The highest BCUT2D eigenvalue weighted by Gasteiger charge is 2.17. The molecule has 0 spiro atoms. The topological polar surface area (TPSA) is 88.2 Å². The number of aryl methyl sites for hydroxylation is 2. The van der Waals surface area contributed by atoms with Gasteiger partial charge in [-0.15, -0.1) is 11.3 Å². The summed E-state index contributed by atoms with van der Waals surface area (Å²) in [5, 5.41) is 6.09. The number of benzene rings is 1. The van der Waals surface area contributed by atoms with Crippen LogP contribution in [-0.2, 0) is 21.2 Å². The number of unbranched alkanes of at least 4 members (excludes halogenated alkanes) is 1. The van der Waals surface area contributed by atoms with Gasteiger partial charge < -0.3 is 5.32 Å². The third kappa shape index (κ3) is 6.68. The lowest BCUT2D eigenvalue weighted by atomic mass is 10.2. The summed E-state index contributed by atoms with van der Waals surface area (Å²) >= 11 is 7.55. The number of sulfonamides is 1. The van der Waals surface area contributed by atoms with Crippen molar-refractivity contribution in [1.29, 1.82) is 0 Å². The molecule has 1 aromatic heterocycles. The van der Waals surface area contributed by atoms with Crippen molar-refractivity contribution in [1.82, 2.24) is 15.0 Å². The second kappa shape index (κ2) is 10.0. The Bertz CT molecular complexity index is 837. The predicted octanol–water partition coefficient (Wildman–Crippen LogP) is 2.91. The molecule has 0 aliphatic carbocycles. The molecule has 0 radical (unpaired) electrons. The van der Waals surface area contributed by atoms with E-state index < -0.39 is 10.0 Å². The van der Waals surface area contributed by atoms with Gasteiger partial charge >= 0.3 is 0 Å². The van der Waals surface area contributed by atoms with Crippen LogP contribution in [0.15, 0.2) is 34.5 Å². The molecule has 9 heteroatoms. The van der Waals surface area contributed by atoms with Crippen molar-refractivity contribution in [2.45, 2.75) is 37.5 Å². The van der Waals surface area contributed by atoms with Crippen LogP contribution in [0.25, 0.3) is 0 Å². The quantitative estimate of drug-likeness (QED) is 0.584. The van der Waals surface area contributed by atoms with Crippen molar-refractivity contribution in [3.8, 4) is 0 Å². The highest BCUT2D eigenvalue weighted by atomic mass is 35.5. The first kappa shape index (κ1) is 20.8. The number of aromatic nitrogens is 1. The van der Waals surface area contributed by atoms with Crippen molar-refractivity contribution in [2.24, 2.45) is 0 Å². The van der Waals surface area contributed by atoms with Gasteiger partial charge in [0.1, 0.15) is 4.90 Å². The van der Waals surface area contributed by atoms with Crippen LogP contribution < -0.4 is 10.0 Å². The maximum atomic E-state index is 12.1. The summed E-state index contributed by atoms with van der Waals surface area (Å²) < 4.78 is 26.7. The van der Waals surface area contributed by atoms with Gasteiger partial charge in [-0.25, -0.2) is 18.1 Å². The van der Waals surface area contributed by atoms with Crippen LogP contribution >= 0.6 is 22.9 Å². The maximum absolute atomic E-state index is 12.1. The van der Waals surface area contributed by atoms with Gasteiger partial charge in [-0.1, -0.05) is 23.7 Å². The van der Waals surface area contributed by atoms with Crippen molar-refractivity contribution < 1.29 is 13.2 Å². The second-order valence-corrected chi connectivity index (χ2v) is 8.85. The van der Waals surface area contributed by atoms with Gasteiger partial charge in [0, 0.05) is 30.6 Å². The first-order valence-electron chi connectivity index (χ1n) is 8.30. The molecule has 0 saturated carbocycles. The number of hydrogen-bond acceptors (Lipinski definition) is 5. The van der Waals surface area contributed by atoms with E-state index >= 15 is 0 Å². The predicted molar refractivity (Wildman–Crippen MR) is 104 cm³/mol. The molecule has 142 valence electrons. The zero-order valence-corrected chi connectivity index (χ0v) is 16.9. The number of hydrogen-bond donors (Lipinski definition) is 2. The van der Waals surface area contributed by atoms with Crippen molar-refractivity contribution in [3.63, 3.8) is 0 Å². The Kier molecular flexibility index (Phi) is 8.02. The fourth-order valence-corrected chi connectivity index (χ4v) is 4.64. The van der Waals surface area contributed by atoms with E-state index in [0.717, 1.165) is 30.0 Å². The zero-order valence-electron chi connectivity index (χ0n) is 14.5. The highest BCUT2D eigenvalue weighted by Crippen LogP contribution is 2.19. The minimum atomic E-state index is -3.71. The molecule has 0 unspecified atom stereocenters. The van der Waals surface area contributed by atoms with Crippen LogP contribution in [0.3, 0.4) is 0 Å². The minimum Gasteiger partial charge on any atom is -0.356 e. The molecular weight excluding hydrogens is 394 g/mol. The molecule has 1 heterocycles. The van der Waals surface area contributed by atoms with E-state index in [1.807, 2.05) is 12.3 Å². The Balaban J connectivity index is 1.62. The van der Waals surface area contributed by atoms with Gasteiger partial charge in [0.15, 0.2) is 0 Å². The van der Waals surface area contributed by atoms with Crippen LogP contribution in [-0.4, -0.2) is 32.4 Å². The van der Waals surface area contributed by atoms with Gasteiger partial charge in [-0.3, -0.25) is 4.79 Å². The van der Waals surface area contributed by atoms with Crippen LogP contribution in [0, 0.1) is 6.92 Å². The lowest BCUT2D eigenvalue weighted by molar-refractivity contribution is -0.120. The summed E-state index contributed by atoms with van der Waals surface area (Å²) in [6.45, 7) is 2.57. The first-order chi connectivity index (χ1) is 12.4. The Hall–Kier alpha value is -1.48. The van der Waals surface area contributed by atoms with Crippen molar-refractivity contribution >= 4 is 38.9 Å². The molecule has 2 rings (SSSR count).